The van der Waals surface area contributed by atoms with Gasteiger partial charge in [-0.1, -0.05) is 25.5 Å². The monoisotopic (exact) mass is 277 g/mol. The highest BCUT2D eigenvalue weighted by Gasteiger charge is 2.40. The summed E-state index contributed by atoms with van der Waals surface area (Å²) in [6.45, 7) is 4.43. The van der Waals surface area contributed by atoms with Crippen LogP contribution >= 0.6 is 0 Å². The Hall–Kier alpha value is -1.55. The van der Waals surface area contributed by atoms with Crippen molar-refractivity contribution in [2.45, 2.75) is 39.2 Å². The second-order valence-corrected chi connectivity index (χ2v) is 5.78. The van der Waals surface area contributed by atoms with Crippen LogP contribution < -0.4 is 0 Å². The summed E-state index contributed by atoms with van der Waals surface area (Å²) in [5, 5.41) is 19.0. The number of carboxylic acid groups (broad SMARTS) is 1. The van der Waals surface area contributed by atoms with Crippen molar-refractivity contribution in [3.8, 4) is 5.75 Å². The van der Waals surface area contributed by atoms with E-state index in [2.05, 4.69) is 4.90 Å². The van der Waals surface area contributed by atoms with Gasteiger partial charge in [-0.25, -0.2) is 0 Å². The van der Waals surface area contributed by atoms with Crippen molar-refractivity contribution in [1.29, 1.82) is 0 Å². The maximum atomic E-state index is 11.5. The fraction of sp³-hybridized carbons (Fsp3) is 0.562. The summed E-state index contributed by atoms with van der Waals surface area (Å²) in [7, 11) is 0. The van der Waals surface area contributed by atoms with Crippen LogP contribution in [0.5, 0.6) is 5.75 Å². The van der Waals surface area contributed by atoms with Crippen LogP contribution in [0, 0.1) is 5.41 Å². The van der Waals surface area contributed by atoms with E-state index < -0.39 is 11.4 Å². The van der Waals surface area contributed by atoms with E-state index in [-0.39, 0.29) is 5.75 Å². The number of piperidine rings is 1. The van der Waals surface area contributed by atoms with E-state index in [0.717, 1.165) is 50.9 Å². The molecule has 1 aliphatic rings. The van der Waals surface area contributed by atoms with Crippen LogP contribution in [0.4, 0.5) is 0 Å². The molecular formula is C16H23NO3. The van der Waals surface area contributed by atoms with Crippen molar-refractivity contribution in [3.05, 3.63) is 29.8 Å². The lowest BCUT2D eigenvalue weighted by atomic mass is 9.75. The highest BCUT2D eigenvalue weighted by molar-refractivity contribution is 5.74. The molecule has 0 saturated carbocycles. The van der Waals surface area contributed by atoms with E-state index in [1.807, 2.05) is 19.1 Å². The maximum absolute atomic E-state index is 11.5. The van der Waals surface area contributed by atoms with Crippen LogP contribution in [0.3, 0.4) is 0 Å². The highest BCUT2D eigenvalue weighted by atomic mass is 16.4. The molecule has 0 spiro atoms. The van der Waals surface area contributed by atoms with Crippen LogP contribution in [-0.4, -0.2) is 34.2 Å². The fourth-order valence-electron chi connectivity index (χ4n) is 3.10. The Morgan fingerprint density at radius 3 is 2.60 bits per heavy atom. The molecule has 1 heterocycles. The third kappa shape index (κ3) is 3.31. The first-order chi connectivity index (χ1) is 9.55. The molecule has 2 N–H and O–H groups in total. The molecule has 4 heteroatoms. The summed E-state index contributed by atoms with van der Waals surface area (Å²) in [5.74, 6) is -0.360. The van der Waals surface area contributed by atoms with Gasteiger partial charge in [0.05, 0.1) is 5.41 Å². The quantitative estimate of drug-likeness (QED) is 0.869. The number of aliphatic carboxylic acids is 1. The van der Waals surface area contributed by atoms with E-state index in [1.165, 1.54) is 0 Å². The molecule has 1 aliphatic heterocycles. The van der Waals surface area contributed by atoms with Gasteiger partial charge in [0.25, 0.3) is 0 Å². The first-order valence-corrected chi connectivity index (χ1v) is 7.29. The van der Waals surface area contributed by atoms with E-state index in [9.17, 15) is 15.0 Å². The summed E-state index contributed by atoms with van der Waals surface area (Å²) >= 11 is 0. The number of aromatic hydroxyl groups is 1. The zero-order valence-corrected chi connectivity index (χ0v) is 12.0. The summed E-state index contributed by atoms with van der Waals surface area (Å²) in [6, 6.07) is 7.26. The topological polar surface area (TPSA) is 60.8 Å². The molecule has 2 rings (SSSR count). The lowest BCUT2D eigenvalue weighted by Crippen LogP contribution is -2.44. The highest BCUT2D eigenvalue weighted by Crippen LogP contribution is 2.36. The van der Waals surface area contributed by atoms with Crippen molar-refractivity contribution < 1.29 is 15.0 Å². The Kier molecular flexibility index (Phi) is 4.65. The maximum Gasteiger partial charge on any atom is 0.309 e. The Morgan fingerprint density at radius 1 is 1.35 bits per heavy atom. The fourth-order valence-corrected chi connectivity index (χ4v) is 3.10. The van der Waals surface area contributed by atoms with Gasteiger partial charge in [-0.05, 0) is 50.0 Å². The van der Waals surface area contributed by atoms with Crippen LogP contribution in [0.15, 0.2) is 24.3 Å². The van der Waals surface area contributed by atoms with Gasteiger partial charge in [-0.15, -0.1) is 0 Å². The van der Waals surface area contributed by atoms with Gasteiger partial charge >= 0.3 is 5.97 Å². The predicted molar refractivity (Wildman–Crippen MR) is 77.6 cm³/mol. The molecule has 0 aromatic heterocycles. The van der Waals surface area contributed by atoms with Gasteiger partial charge in [0.2, 0.25) is 0 Å². The smallest absolute Gasteiger partial charge is 0.309 e. The Balaban J connectivity index is 1.95. The van der Waals surface area contributed by atoms with E-state index in [1.54, 1.807) is 12.1 Å². The number of phenols is 1. The molecule has 1 aromatic rings. The molecule has 1 fully saturated rings. The minimum Gasteiger partial charge on any atom is -0.508 e. The van der Waals surface area contributed by atoms with Crippen LogP contribution in [-0.2, 0) is 11.3 Å². The third-order valence-electron chi connectivity index (χ3n) is 4.31. The average Bonchev–Trinajstić information content (AvgIpc) is 2.41. The molecule has 0 atom stereocenters. The van der Waals surface area contributed by atoms with Crippen LogP contribution in [0.25, 0.3) is 0 Å². The number of nitrogens with zero attached hydrogens (tertiary/aromatic N) is 1. The molecule has 0 bridgehead atoms. The SMILES string of the molecule is CCCC1(C(=O)O)CCN(Cc2cccc(O)c2)CC1. The lowest BCUT2D eigenvalue weighted by Gasteiger charge is -2.38. The summed E-state index contributed by atoms with van der Waals surface area (Å²) in [6.07, 6.45) is 3.12. The van der Waals surface area contributed by atoms with Crippen molar-refractivity contribution >= 4 is 5.97 Å². The number of hydrogen-bond acceptors (Lipinski definition) is 3. The standard InChI is InChI=1S/C16H23NO3/c1-2-6-16(15(19)20)7-9-17(10-8-16)12-13-4-3-5-14(18)11-13/h3-5,11,18H,2,6-10,12H2,1H3,(H,19,20). The van der Waals surface area contributed by atoms with E-state index in [4.69, 9.17) is 0 Å². The van der Waals surface area contributed by atoms with Crippen LogP contribution in [0.1, 0.15) is 38.2 Å². The van der Waals surface area contributed by atoms with Gasteiger partial charge < -0.3 is 10.2 Å². The normalized spacial score (nSPS) is 18.9. The largest absolute Gasteiger partial charge is 0.508 e. The number of phenolic OH excluding ortho intramolecular Hbond substituents is 1. The van der Waals surface area contributed by atoms with Gasteiger partial charge in [0.15, 0.2) is 0 Å². The van der Waals surface area contributed by atoms with E-state index >= 15 is 0 Å². The second kappa shape index (κ2) is 6.27. The first-order valence-electron chi connectivity index (χ1n) is 7.29. The van der Waals surface area contributed by atoms with E-state index in [0.29, 0.717) is 0 Å². The van der Waals surface area contributed by atoms with Crippen molar-refractivity contribution in [1.82, 2.24) is 4.90 Å². The van der Waals surface area contributed by atoms with Crippen molar-refractivity contribution in [2.75, 3.05) is 13.1 Å². The Morgan fingerprint density at radius 2 is 2.05 bits per heavy atom. The molecule has 110 valence electrons. The molecule has 0 aliphatic carbocycles. The molecule has 0 unspecified atom stereocenters. The summed E-state index contributed by atoms with van der Waals surface area (Å²) in [4.78, 5) is 13.8. The van der Waals surface area contributed by atoms with Crippen molar-refractivity contribution in [2.24, 2.45) is 5.41 Å². The summed E-state index contributed by atoms with van der Waals surface area (Å²) in [5.41, 5.74) is 0.549. The molecule has 0 radical (unpaired) electrons. The number of likely N-dealkylation sites (tertiary alicyclic amines) is 1. The molecule has 1 aromatic carbocycles. The zero-order chi connectivity index (χ0) is 14.6. The minimum absolute atomic E-state index is 0.283. The minimum atomic E-state index is -0.642. The molecule has 20 heavy (non-hydrogen) atoms. The first kappa shape index (κ1) is 14.9. The van der Waals surface area contributed by atoms with Gasteiger partial charge in [0, 0.05) is 6.54 Å². The molecule has 4 nitrogen and oxygen atoms in total. The Labute approximate surface area is 120 Å². The second-order valence-electron chi connectivity index (χ2n) is 5.78. The Bertz CT molecular complexity index is 465. The lowest BCUT2D eigenvalue weighted by molar-refractivity contribution is -0.152. The van der Waals surface area contributed by atoms with Gasteiger partial charge in [0.1, 0.15) is 5.75 Å². The number of rotatable bonds is 5. The van der Waals surface area contributed by atoms with Gasteiger partial charge in [-0.3, -0.25) is 9.69 Å². The van der Waals surface area contributed by atoms with Gasteiger partial charge in [-0.2, -0.15) is 0 Å². The number of benzene rings is 1. The zero-order valence-electron chi connectivity index (χ0n) is 12.0. The number of carboxylic acids is 1. The number of hydrogen-bond donors (Lipinski definition) is 2. The summed E-state index contributed by atoms with van der Waals surface area (Å²) < 4.78 is 0. The van der Waals surface area contributed by atoms with Crippen molar-refractivity contribution in [3.63, 3.8) is 0 Å². The molecule has 0 amide bonds. The predicted octanol–water partition coefficient (Wildman–Crippen LogP) is 2.86. The molecular weight excluding hydrogens is 254 g/mol. The molecule has 1 saturated heterocycles. The number of carbonyl (C=O) groups is 1. The third-order valence-corrected chi connectivity index (χ3v) is 4.31. The average molecular weight is 277 g/mol. The van der Waals surface area contributed by atoms with Crippen LogP contribution in [0.2, 0.25) is 0 Å².